The van der Waals surface area contributed by atoms with Gasteiger partial charge in [0.2, 0.25) is 5.91 Å². The van der Waals surface area contributed by atoms with Gasteiger partial charge < -0.3 is 14.4 Å². The first-order chi connectivity index (χ1) is 8.27. The molecule has 0 aromatic carbocycles. The summed E-state index contributed by atoms with van der Waals surface area (Å²) in [6, 6.07) is -0.175. The van der Waals surface area contributed by atoms with Crippen LogP contribution in [0.1, 0.15) is 6.92 Å². The van der Waals surface area contributed by atoms with Gasteiger partial charge in [-0.3, -0.25) is 4.79 Å². The Kier molecular flexibility index (Phi) is 4.73. The van der Waals surface area contributed by atoms with Crippen molar-refractivity contribution in [2.45, 2.75) is 13.0 Å². The van der Waals surface area contributed by atoms with Crippen LogP contribution in [0.5, 0.6) is 0 Å². The second kappa shape index (κ2) is 6.30. The first-order valence-corrected chi connectivity index (χ1v) is 6.23. The molecule has 6 heteroatoms. The van der Waals surface area contributed by atoms with E-state index in [1.165, 1.54) is 0 Å². The van der Waals surface area contributed by atoms with E-state index < -0.39 is 0 Å². The number of nitrogens with one attached hydrogen (secondary N) is 1. The van der Waals surface area contributed by atoms with Crippen molar-refractivity contribution in [1.29, 1.82) is 0 Å². The Morgan fingerprint density at radius 3 is 2.18 bits per heavy atom. The van der Waals surface area contributed by atoms with Crippen molar-refractivity contribution in [2.75, 3.05) is 52.6 Å². The minimum atomic E-state index is -0.175. The van der Waals surface area contributed by atoms with E-state index in [9.17, 15) is 4.79 Å². The molecule has 98 valence electrons. The van der Waals surface area contributed by atoms with Crippen molar-refractivity contribution in [3.63, 3.8) is 0 Å². The Bertz CT molecular complexity index is 250. The van der Waals surface area contributed by atoms with Crippen molar-refractivity contribution in [1.82, 2.24) is 15.3 Å². The Balaban J connectivity index is 1.77. The Labute approximate surface area is 102 Å². The first kappa shape index (κ1) is 12.8. The summed E-state index contributed by atoms with van der Waals surface area (Å²) in [6.07, 6.45) is 0. The molecule has 6 nitrogen and oxygen atoms in total. The van der Waals surface area contributed by atoms with E-state index in [2.05, 4.69) is 10.4 Å². The van der Waals surface area contributed by atoms with Crippen LogP contribution in [0, 0.1) is 0 Å². The smallest absolute Gasteiger partial charge is 0.240 e. The van der Waals surface area contributed by atoms with Crippen LogP contribution in [0.2, 0.25) is 0 Å². The molecule has 1 unspecified atom stereocenters. The van der Waals surface area contributed by atoms with Crippen LogP contribution < -0.4 is 5.43 Å². The van der Waals surface area contributed by atoms with E-state index in [0.717, 1.165) is 26.3 Å². The third kappa shape index (κ3) is 3.64. The maximum Gasteiger partial charge on any atom is 0.240 e. The zero-order valence-corrected chi connectivity index (χ0v) is 10.4. The molecule has 0 radical (unpaired) electrons. The van der Waals surface area contributed by atoms with Crippen LogP contribution in [-0.2, 0) is 14.3 Å². The van der Waals surface area contributed by atoms with Gasteiger partial charge in [0.05, 0.1) is 32.5 Å². The number of carbonyl (C=O) groups excluding carboxylic acids is 1. The van der Waals surface area contributed by atoms with Gasteiger partial charge in [-0.1, -0.05) is 0 Å². The van der Waals surface area contributed by atoms with Crippen LogP contribution in [0.25, 0.3) is 0 Å². The van der Waals surface area contributed by atoms with E-state index in [1.807, 2.05) is 11.8 Å². The van der Waals surface area contributed by atoms with Gasteiger partial charge in [0, 0.05) is 26.2 Å². The molecule has 0 aromatic rings. The highest BCUT2D eigenvalue weighted by Crippen LogP contribution is 2.02. The zero-order chi connectivity index (χ0) is 12.1. The molecule has 2 fully saturated rings. The number of rotatable bonds is 3. The van der Waals surface area contributed by atoms with E-state index >= 15 is 0 Å². The first-order valence-electron chi connectivity index (χ1n) is 6.23. The number of nitrogens with zero attached hydrogens (tertiary/aromatic N) is 2. The molecular weight excluding hydrogens is 222 g/mol. The van der Waals surface area contributed by atoms with E-state index in [4.69, 9.17) is 9.47 Å². The average Bonchev–Trinajstić information content (AvgIpc) is 2.40. The predicted molar refractivity (Wildman–Crippen MR) is 62.4 cm³/mol. The maximum absolute atomic E-state index is 12.1. The lowest BCUT2D eigenvalue weighted by Crippen LogP contribution is -2.56. The van der Waals surface area contributed by atoms with E-state index in [-0.39, 0.29) is 11.9 Å². The summed E-state index contributed by atoms with van der Waals surface area (Å²) in [4.78, 5) is 14.0. The number of amides is 1. The van der Waals surface area contributed by atoms with E-state index in [1.54, 1.807) is 0 Å². The molecule has 17 heavy (non-hydrogen) atoms. The van der Waals surface area contributed by atoms with Crippen molar-refractivity contribution >= 4 is 5.91 Å². The van der Waals surface area contributed by atoms with Crippen LogP contribution >= 0.6 is 0 Å². The average molecular weight is 243 g/mol. The summed E-state index contributed by atoms with van der Waals surface area (Å²) < 4.78 is 10.5. The van der Waals surface area contributed by atoms with Gasteiger partial charge >= 0.3 is 0 Å². The van der Waals surface area contributed by atoms with Gasteiger partial charge in [-0.25, -0.2) is 10.4 Å². The Hall–Kier alpha value is -0.690. The molecule has 1 atom stereocenters. The lowest BCUT2D eigenvalue weighted by atomic mass is 10.3. The van der Waals surface area contributed by atoms with Gasteiger partial charge in [0.15, 0.2) is 0 Å². The highest BCUT2D eigenvalue weighted by Gasteiger charge is 2.24. The molecule has 2 rings (SSSR count). The molecule has 0 spiro atoms. The monoisotopic (exact) mass is 243 g/mol. The number of ether oxygens (including phenoxy) is 2. The predicted octanol–water partition coefficient (Wildman–Crippen LogP) is -0.929. The van der Waals surface area contributed by atoms with Crippen molar-refractivity contribution in [3.05, 3.63) is 0 Å². The zero-order valence-electron chi connectivity index (χ0n) is 10.4. The van der Waals surface area contributed by atoms with Crippen LogP contribution in [-0.4, -0.2) is 74.5 Å². The van der Waals surface area contributed by atoms with Gasteiger partial charge in [-0.15, -0.1) is 0 Å². The van der Waals surface area contributed by atoms with Crippen LogP contribution in [0.15, 0.2) is 0 Å². The van der Waals surface area contributed by atoms with Crippen molar-refractivity contribution in [2.24, 2.45) is 0 Å². The van der Waals surface area contributed by atoms with Gasteiger partial charge in [-0.05, 0) is 6.92 Å². The number of hydrogen-bond acceptors (Lipinski definition) is 5. The molecule has 0 saturated carbocycles. The number of hydrogen-bond donors (Lipinski definition) is 1. The molecule has 0 aromatic heterocycles. The minimum absolute atomic E-state index is 0.153. The second-order valence-electron chi connectivity index (χ2n) is 4.39. The van der Waals surface area contributed by atoms with Crippen molar-refractivity contribution in [3.8, 4) is 0 Å². The molecule has 0 aliphatic carbocycles. The molecule has 0 bridgehead atoms. The molecular formula is C11H21N3O3. The molecule has 1 N–H and O–H groups in total. The fourth-order valence-electron chi connectivity index (χ4n) is 2.08. The summed E-state index contributed by atoms with van der Waals surface area (Å²) in [7, 11) is 0. The van der Waals surface area contributed by atoms with Gasteiger partial charge in [0.1, 0.15) is 0 Å². The fraction of sp³-hybridized carbons (Fsp3) is 0.909. The number of morpholine rings is 2. The summed E-state index contributed by atoms with van der Waals surface area (Å²) in [5.41, 5.74) is 3.24. The minimum Gasteiger partial charge on any atom is -0.379 e. The Morgan fingerprint density at radius 2 is 1.59 bits per heavy atom. The quantitative estimate of drug-likeness (QED) is 0.694. The summed E-state index contributed by atoms with van der Waals surface area (Å²) in [5, 5.41) is 2.06. The lowest BCUT2D eigenvalue weighted by molar-refractivity contribution is -0.139. The van der Waals surface area contributed by atoms with Crippen LogP contribution in [0.4, 0.5) is 0 Å². The summed E-state index contributed by atoms with van der Waals surface area (Å²) in [6.45, 7) is 7.74. The van der Waals surface area contributed by atoms with Crippen LogP contribution in [0.3, 0.4) is 0 Å². The summed E-state index contributed by atoms with van der Waals surface area (Å²) in [5.74, 6) is 0.153. The second-order valence-corrected chi connectivity index (χ2v) is 4.39. The standard InChI is InChI=1S/C11H21N3O3/c1-10(12-14-4-8-17-9-5-14)11(15)13-2-6-16-7-3-13/h10,12H,2-9H2,1H3. The largest absolute Gasteiger partial charge is 0.379 e. The normalized spacial score (nSPS) is 24.6. The SMILES string of the molecule is CC(NN1CCOCC1)C(=O)N1CCOCC1. The van der Waals surface area contributed by atoms with Gasteiger partial charge in [-0.2, -0.15) is 0 Å². The van der Waals surface area contributed by atoms with Gasteiger partial charge in [0.25, 0.3) is 0 Å². The molecule has 2 aliphatic heterocycles. The Morgan fingerprint density at radius 1 is 1.06 bits per heavy atom. The maximum atomic E-state index is 12.1. The summed E-state index contributed by atoms with van der Waals surface area (Å²) >= 11 is 0. The third-order valence-corrected chi connectivity index (χ3v) is 3.08. The topological polar surface area (TPSA) is 54.0 Å². The van der Waals surface area contributed by atoms with E-state index in [0.29, 0.717) is 26.3 Å². The molecule has 2 saturated heterocycles. The highest BCUT2D eigenvalue weighted by atomic mass is 16.5. The van der Waals surface area contributed by atoms with Crippen molar-refractivity contribution < 1.29 is 14.3 Å². The lowest BCUT2D eigenvalue weighted by Gasteiger charge is -2.33. The number of carbonyl (C=O) groups is 1. The molecule has 1 amide bonds. The highest BCUT2D eigenvalue weighted by molar-refractivity contribution is 5.81. The number of hydrazine groups is 1. The molecule has 2 heterocycles. The fourth-order valence-corrected chi connectivity index (χ4v) is 2.08. The molecule has 2 aliphatic rings. The third-order valence-electron chi connectivity index (χ3n) is 3.08.